The molecule has 0 saturated carbocycles. The number of carbonyl (C=O) groups excluding carboxylic acids is 1. The first kappa shape index (κ1) is 26.6. The van der Waals surface area contributed by atoms with E-state index in [1.54, 1.807) is 52.2 Å². The smallest absolute Gasteiger partial charge is 0.324 e. The van der Waals surface area contributed by atoms with Gasteiger partial charge in [0.05, 0.1) is 34.5 Å². The van der Waals surface area contributed by atoms with Crippen LogP contribution in [0.5, 0.6) is 11.5 Å². The van der Waals surface area contributed by atoms with E-state index in [1.807, 2.05) is 57.4 Å². The summed E-state index contributed by atoms with van der Waals surface area (Å²) in [6.45, 7) is 4.04. The van der Waals surface area contributed by atoms with Crippen molar-refractivity contribution >= 4 is 28.4 Å². The number of nitrogens with zero attached hydrogens (tertiary/aromatic N) is 6. The number of halogens is 1. The first-order valence-electron chi connectivity index (χ1n) is 13.3. The lowest BCUT2D eigenvalue weighted by Crippen LogP contribution is -2.22. The maximum absolute atomic E-state index is 15.0. The normalized spacial score (nSPS) is 11.2. The lowest BCUT2D eigenvalue weighted by molar-refractivity contribution is 0.262. The van der Waals surface area contributed by atoms with Crippen molar-refractivity contribution in [2.45, 2.75) is 19.8 Å². The van der Waals surface area contributed by atoms with E-state index in [0.717, 1.165) is 27.8 Å². The van der Waals surface area contributed by atoms with Crippen LogP contribution in [0.15, 0.2) is 91.5 Å². The Morgan fingerprint density at radius 2 is 1.81 bits per heavy atom. The number of nitrogens with one attached hydrogen (secondary N) is 2. The van der Waals surface area contributed by atoms with Gasteiger partial charge in [-0.3, -0.25) is 20.0 Å². The van der Waals surface area contributed by atoms with E-state index in [9.17, 15) is 4.79 Å². The molecular weight excluding hydrogens is 535 g/mol. The molecule has 210 valence electrons. The standard InChI is InChI=1S/C31H27FN8O2/c1-19(2)28-16-30(40(38-28)22-6-8-26-20(13-22)5-4-11-33-26)37-31(41)36-27-9-7-23(14-25(27)32)42-24-10-12-34-29(15-24)21-17-35-39(3)18-21/h4-19H,1-3H3,(H2,36,37,41). The highest BCUT2D eigenvalue weighted by Gasteiger charge is 2.16. The molecule has 0 radical (unpaired) electrons. The third-order valence-electron chi connectivity index (χ3n) is 6.55. The number of rotatable bonds is 7. The van der Waals surface area contributed by atoms with E-state index in [1.165, 1.54) is 12.1 Å². The second kappa shape index (κ2) is 11.1. The lowest BCUT2D eigenvalue weighted by Gasteiger charge is -2.12. The van der Waals surface area contributed by atoms with Crippen LogP contribution < -0.4 is 15.4 Å². The van der Waals surface area contributed by atoms with Gasteiger partial charge in [-0.2, -0.15) is 10.2 Å². The SMILES string of the molecule is CC(C)c1cc(NC(=O)Nc2ccc(Oc3ccnc(-c4cnn(C)c4)c3)cc2F)n(-c2ccc3ncccc3c2)n1. The van der Waals surface area contributed by atoms with Crippen LogP contribution in [0.4, 0.5) is 20.7 Å². The topological polar surface area (TPSA) is 112 Å². The van der Waals surface area contributed by atoms with Crippen molar-refractivity contribution in [1.29, 1.82) is 0 Å². The first-order chi connectivity index (χ1) is 20.3. The Bertz CT molecular complexity index is 1910. The molecule has 0 saturated heterocycles. The fourth-order valence-corrected chi connectivity index (χ4v) is 4.41. The number of urea groups is 1. The Balaban J connectivity index is 1.18. The van der Waals surface area contributed by atoms with Gasteiger partial charge in [0.1, 0.15) is 23.1 Å². The van der Waals surface area contributed by atoms with Crippen molar-refractivity contribution in [3.8, 4) is 28.4 Å². The molecule has 0 aliphatic rings. The molecule has 0 spiro atoms. The van der Waals surface area contributed by atoms with Gasteiger partial charge in [-0.25, -0.2) is 13.9 Å². The van der Waals surface area contributed by atoms with Gasteiger partial charge < -0.3 is 10.1 Å². The van der Waals surface area contributed by atoms with Crippen molar-refractivity contribution in [3.05, 3.63) is 103 Å². The van der Waals surface area contributed by atoms with Crippen molar-refractivity contribution in [1.82, 2.24) is 29.5 Å². The number of aromatic nitrogens is 6. The van der Waals surface area contributed by atoms with E-state index in [4.69, 9.17) is 9.84 Å². The molecule has 2 aromatic carbocycles. The number of pyridine rings is 2. The van der Waals surface area contributed by atoms with Crippen LogP contribution in [-0.4, -0.2) is 35.6 Å². The number of hydrogen-bond acceptors (Lipinski definition) is 6. The van der Waals surface area contributed by atoms with E-state index >= 15 is 4.39 Å². The van der Waals surface area contributed by atoms with Crippen molar-refractivity contribution in [2.75, 3.05) is 10.6 Å². The molecule has 0 aliphatic carbocycles. The fourth-order valence-electron chi connectivity index (χ4n) is 4.41. The monoisotopic (exact) mass is 562 g/mol. The highest BCUT2D eigenvalue weighted by atomic mass is 19.1. The molecule has 10 nitrogen and oxygen atoms in total. The molecule has 2 N–H and O–H groups in total. The van der Waals surface area contributed by atoms with Crippen LogP contribution in [0.1, 0.15) is 25.5 Å². The largest absolute Gasteiger partial charge is 0.457 e. The minimum absolute atomic E-state index is 0.00226. The quantitative estimate of drug-likeness (QED) is 0.219. The van der Waals surface area contributed by atoms with Crippen LogP contribution in [0, 0.1) is 5.82 Å². The van der Waals surface area contributed by atoms with Gasteiger partial charge in [0.2, 0.25) is 0 Å². The van der Waals surface area contributed by atoms with E-state index in [2.05, 4.69) is 25.7 Å². The highest BCUT2D eigenvalue weighted by molar-refractivity contribution is 5.99. The molecule has 0 fully saturated rings. The Labute approximate surface area is 240 Å². The second-order valence-electron chi connectivity index (χ2n) is 10.0. The average Bonchev–Trinajstić information content (AvgIpc) is 3.61. The van der Waals surface area contributed by atoms with Crippen molar-refractivity contribution in [3.63, 3.8) is 0 Å². The third kappa shape index (κ3) is 5.66. The molecule has 6 rings (SSSR count). The van der Waals surface area contributed by atoms with Gasteiger partial charge in [0.25, 0.3) is 0 Å². The average molecular weight is 563 g/mol. The van der Waals surface area contributed by atoms with Gasteiger partial charge in [-0.05, 0) is 48.4 Å². The first-order valence-corrected chi connectivity index (χ1v) is 13.3. The Kier molecular flexibility index (Phi) is 7.05. The molecule has 4 aromatic heterocycles. The lowest BCUT2D eigenvalue weighted by atomic mass is 10.1. The minimum Gasteiger partial charge on any atom is -0.457 e. The van der Waals surface area contributed by atoms with Gasteiger partial charge >= 0.3 is 6.03 Å². The summed E-state index contributed by atoms with van der Waals surface area (Å²) in [4.78, 5) is 21.7. The molecule has 2 amide bonds. The van der Waals surface area contributed by atoms with Crippen LogP contribution in [0.3, 0.4) is 0 Å². The molecule has 0 unspecified atom stereocenters. The van der Waals surface area contributed by atoms with Crippen LogP contribution in [0.25, 0.3) is 27.8 Å². The van der Waals surface area contributed by atoms with Gasteiger partial charge in [0.15, 0.2) is 0 Å². The van der Waals surface area contributed by atoms with E-state index < -0.39 is 11.8 Å². The maximum atomic E-state index is 15.0. The molecule has 0 atom stereocenters. The molecule has 11 heteroatoms. The zero-order valence-corrected chi connectivity index (χ0v) is 23.1. The number of benzene rings is 2. The molecule has 0 bridgehead atoms. The molecular formula is C31H27FN8O2. The zero-order chi connectivity index (χ0) is 29.2. The Morgan fingerprint density at radius 3 is 2.60 bits per heavy atom. The predicted octanol–water partition coefficient (Wildman–Crippen LogP) is 6.91. The fraction of sp³-hybridized carbons (Fsp3) is 0.129. The van der Waals surface area contributed by atoms with Gasteiger partial charge in [0, 0.05) is 54.8 Å². The molecule has 6 aromatic rings. The predicted molar refractivity (Wildman–Crippen MR) is 159 cm³/mol. The van der Waals surface area contributed by atoms with Gasteiger partial charge in [-0.1, -0.05) is 19.9 Å². The summed E-state index contributed by atoms with van der Waals surface area (Å²) in [5.41, 5.74) is 3.92. The summed E-state index contributed by atoms with van der Waals surface area (Å²) in [5, 5.41) is 15.2. The summed E-state index contributed by atoms with van der Waals surface area (Å²) in [6, 6.07) is 18.4. The Morgan fingerprint density at radius 1 is 0.952 bits per heavy atom. The van der Waals surface area contributed by atoms with Crippen LogP contribution in [-0.2, 0) is 7.05 Å². The van der Waals surface area contributed by atoms with Gasteiger partial charge in [-0.15, -0.1) is 0 Å². The summed E-state index contributed by atoms with van der Waals surface area (Å²) in [7, 11) is 1.82. The van der Waals surface area contributed by atoms with Crippen LogP contribution >= 0.6 is 0 Å². The number of carbonyl (C=O) groups is 1. The highest BCUT2D eigenvalue weighted by Crippen LogP contribution is 2.29. The number of amides is 2. The maximum Gasteiger partial charge on any atom is 0.324 e. The summed E-state index contributed by atoms with van der Waals surface area (Å²) >= 11 is 0. The molecule has 4 heterocycles. The Hall–Kier alpha value is -5.58. The number of aryl methyl sites for hydroxylation is 1. The number of hydrogen-bond donors (Lipinski definition) is 2. The minimum atomic E-state index is -0.650. The number of anilines is 2. The van der Waals surface area contributed by atoms with E-state index in [-0.39, 0.29) is 17.4 Å². The summed E-state index contributed by atoms with van der Waals surface area (Å²) < 4.78 is 24.2. The summed E-state index contributed by atoms with van der Waals surface area (Å²) in [6.07, 6.45) is 6.89. The summed E-state index contributed by atoms with van der Waals surface area (Å²) in [5.74, 6) is 0.681. The van der Waals surface area contributed by atoms with E-state index in [0.29, 0.717) is 17.3 Å². The number of fused-ring (bicyclic) bond motifs is 1. The van der Waals surface area contributed by atoms with Crippen LogP contribution in [0.2, 0.25) is 0 Å². The van der Waals surface area contributed by atoms with Crippen molar-refractivity contribution < 1.29 is 13.9 Å². The van der Waals surface area contributed by atoms with Crippen molar-refractivity contribution in [2.24, 2.45) is 7.05 Å². The molecule has 42 heavy (non-hydrogen) atoms. The third-order valence-corrected chi connectivity index (χ3v) is 6.55. The number of ether oxygens (including phenoxy) is 1. The second-order valence-corrected chi connectivity index (χ2v) is 10.0. The zero-order valence-electron chi connectivity index (χ0n) is 23.1. The molecule has 0 aliphatic heterocycles.